The van der Waals surface area contributed by atoms with Crippen molar-refractivity contribution in [3.63, 3.8) is 0 Å². The van der Waals surface area contributed by atoms with E-state index in [1.54, 1.807) is 0 Å². The van der Waals surface area contributed by atoms with E-state index in [0.29, 0.717) is 5.92 Å². The standard InChI is InChI=1S/C48H37N3/c1-30-11-10-20-39-38-17-7-9-19-41(38)44(28-42(30)39)46-29-45(43-27-34-13-3-4-14-35(34)37-16-6-8-18-40(37)43)50-48(51-46)33-23-21-32(22-24-33)47-36-15-5-2-12-31(36)25-26-49-47/h3-10,13-23,25-30,33H,2,11-12,24H2,1H3. The lowest BCUT2D eigenvalue weighted by Crippen LogP contribution is -2.08. The SMILES string of the molecule is CC1CC=Cc2c1cc(-c1cc(-c3cc4ccccc4c4ccccc34)nc(C3C=CC(c4nccc5c4C=CCC5)=CC3)n1)c1ccccc21. The Morgan fingerprint density at radius 1 is 0.627 bits per heavy atom. The molecule has 5 aromatic carbocycles. The smallest absolute Gasteiger partial charge is 0.136 e. The molecule has 0 N–H and O–H groups in total. The molecular formula is C48H37N3. The van der Waals surface area contributed by atoms with Gasteiger partial charge in [-0.2, -0.15) is 0 Å². The number of hydrogen-bond donors (Lipinski definition) is 0. The van der Waals surface area contributed by atoms with E-state index in [1.807, 2.05) is 6.20 Å². The van der Waals surface area contributed by atoms with E-state index >= 15 is 0 Å². The normalized spacial score (nSPS) is 17.9. The molecule has 2 aromatic heterocycles. The van der Waals surface area contributed by atoms with Crippen LogP contribution < -0.4 is 0 Å². The Labute approximate surface area is 298 Å². The molecule has 10 rings (SSSR count). The third kappa shape index (κ3) is 5.07. The van der Waals surface area contributed by atoms with E-state index in [1.165, 1.54) is 65.7 Å². The first-order chi connectivity index (χ1) is 25.2. The fraction of sp³-hybridized carbons (Fsp3) is 0.146. The fourth-order valence-corrected chi connectivity index (χ4v) is 8.49. The molecule has 0 aliphatic heterocycles. The van der Waals surface area contributed by atoms with E-state index in [0.717, 1.165) is 54.2 Å². The Morgan fingerprint density at radius 3 is 2.14 bits per heavy atom. The van der Waals surface area contributed by atoms with Gasteiger partial charge in [-0.15, -0.1) is 0 Å². The number of rotatable bonds is 4. The molecule has 0 amide bonds. The van der Waals surface area contributed by atoms with Crippen LogP contribution in [-0.4, -0.2) is 15.0 Å². The van der Waals surface area contributed by atoms with Gasteiger partial charge in [-0.05, 0) is 110 Å². The molecule has 3 heteroatoms. The summed E-state index contributed by atoms with van der Waals surface area (Å²) in [7, 11) is 0. The van der Waals surface area contributed by atoms with Crippen LogP contribution in [0.3, 0.4) is 0 Å². The van der Waals surface area contributed by atoms with Gasteiger partial charge in [0.2, 0.25) is 0 Å². The van der Waals surface area contributed by atoms with E-state index in [4.69, 9.17) is 15.0 Å². The molecule has 7 aromatic rings. The van der Waals surface area contributed by atoms with E-state index in [2.05, 4.69) is 147 Å². The minimum atomic E-state index is 0.0417. The first kappa shape index (κ1) is 29.9. The van der Waals surface area contributed by atoms with Crippen molar-refractivity contribution in [3.8, 4) is 22.5 Å². The van der Waals surface area contributed by atoms with Crippen LogP contribution in [0, 0.1) is 0 Å². The van der Waals surface area contributed by atoms with Crippen LogP contribution >= 0.6 is 0 Å². The summed E-state index contributed by atoms with van der Waals surface area (Å²) in [5.74, 6) is 1.33. The van der Waals surface area contributed by atoms with Crippen molar-refractivity contribution >= 4 is 50.0 Å². The Bertz CT molecular complexity index is 2670. The molecule has 0 bridgehead atoms. The van der Waals surface area contributed by atoms with Gasteiger partial charge < -0.3 is 0 Å². The second-order valence-electron chi connectivity index (χ2n) is 14.2. The van der Waals surface area contributed by atoms with Gasteiger partial charge in [0.25, 0.3) is 0 Å². The van der Waals surface area contributed by atoms with Gasteiger partial charge in [-0.1, -0.05) is 122 Å². The Balaban J connectivity index is 1.17. The number of hydrogen-bond acceptors (Lipinski definition) is 3. The summed E-state index contributed by atoms with van der Waals surface area (Å²) in [4.78, 5) is 15.7. The minimum absolute atomic E-state index is 0.0417. The molecule has 244 valence electrons. The lowest BCUT2D eigenvalue weighted by molar-refractivity contribution is 0.772. The zero-order valence-electron chi connectivity index (χ0n) is 28.7. The van der Waals surface area contributed by atoms with Crippen molar-refractivity contribution in [2.24, 2.45) is 0 Å². The molecule has 3 aliphatic carbocycles. The van der Waals surface area contributed by atoms with Crippen LogP contribution in [0.4, 0.5) is 0 Å². The van der Waals surface area contributed by atoms with Gasteiger partial charge in [0.15, 0.2) is 0 Å². The fourth-order valence-electron chi connectivity index (χ4n) is 8.49. The topological polar surface area (TPSA) is 38.7 Å². The van der Waals surface area contributed by atoms with E-state index in [9.17, 15) is 0 Å². The average molecular weight is 656 g/mol. The predicted molar refractivity (Wildman–Crippen MR) is 214 cm³/mol. The first-order valence-corrected chi connectivity index (χ1v) is 18.2. The molecule has 2 atom stereocenters. The highest BCUT2D eigenvalue weighted by Gasteiger charge is 2.24. The number of nitrogens with zero attached hydrogens (tertiary/aromatic N) is 3. The predicted octanol–water partition coefficient (Wildman–Crippen LogP) is 12.3. The maximum atomic E-state index is 5.45. The zero-order chi connectivity index (χ0) is 33.9. The molecule has 0 saturated heterocycles. The van der Waals surface area contributed by atoms with Gasteiger partial charge in [0, 0.05) is 28.8 Å². The van der Waals surface area contributed by atoms with Gasteiger partial charge in [-0.25, -0.2) is 9.97 Å². The van der Waals surface area contributed by atoms with Gasteiger partial charge >= 0.3 is 0 Å². The number of aryl methyl sites for hydroxylation is 1. The summed E-state index contributed by atoms with van der Waals surface area (Å²) in [5, 5.41) is 7.42. The summed E-state index contributed by atoms with van der Waals surface area (Å²) in [6.45, 7) is 2.34. The molecule has 0 fully saturated rings. The van der Waals surface area contributed by atoms with Crippen LogP contribution in [0.2, 0.25) is 0 Å². The molecule has 0 radical (unpaired) electrons. The first-order valence-electron chi connectivity index (χ1n) is 18.2. The summed E-state index contributed by atoms with van der Waals surface area (Å²) >= 11 is 0. The third-order valence-electron chi connectivity index (χ3n) is 11.1. The molecule has 0 spiro atoms. The van der Waals surface area contributed by atoms with Crippen molar-refractivity contribution < 1.29 is 0 Å². The number of fused-ring (bicyclic) bond motifs is 7. The quantitative estimate of drug-likeness (QED) is 0.177. The molecule has 2 unspecified atom stereocenters. The second kappa shape index (κ2) is 12.1. The Hall–Kier alpha value is -5.93. The summed E-state index contributed by atoms with van der Waals surface area (Å²) in [5.41, 5.74) is 11.8. The minimum Gasteiger partial charge on any atom is -0.256 e. The summed E-state index contributed by atoms with van der Waals surface area (Å²) < 4.78 is 0. The van der Waals surface area contributed by atoms with Crippen molar-refractivity contribution in [2.45, 2.75) is 44.4 Å². The van der Waals surface area contributed by atoms with E-state index in [-0.39, 0.29) is 5.92 Å². The lowest BCUT2D eigenvalue weighted by Gasteiger charge is -2.23. The second-order valence-corrected chi connectivity index (χ2v) is 14.2. The monoisotopic (exact) mass is 655 g/mol. The molecule has 3 nitrogen and oxygen atoms in total. The molecular weight excluding hydrogens is 619 g/mol. The van der Waals surface area contributed by atoms with Crippen molar-refractivity contribution in [1.82, 2.24) is 15.0 Å². The van der Waals surface area contributed by atoms with E-state index < -0.39 is 0 Å². The van der Waals surface area contributed by atoms with Gasteiger partial charge in [0.1, 0.15) is 5.82 Å². The molecule has 3 aliphatic rings. The number of benzene rings is 5. The number of pyridine rings is 1. The maximum absolute atomic E-state index is 5.45. The van der Waals surface area contributed by atoms with Crippen molar-refractivity contribution in [2.75, 3.05) is 0 Å². The van der Waals surface area contributed by atoms with Crippen LogP contribution in [0.5, 0.6) is 0 Å². The van der Waals surface area contributed by atoms with Crippen LogP contribution in [-0.2, 0) is 6.42 Å². The molecule has 0 saturated carbocycles. The third-order valence-corrected chi connectivity index (χ3v) is 11.1. The lowest BCUT2D eigenvalue weighted by atomic mass is 9.83. The van der Waals surface area contributed by atoms with Crippen molar-refractivity contribution in [1.29, 1.82) is 0 Å². The number of allylic oxidation sites excluding steroid dienone is 6. The molecule has 2 heterocycles. The highest BCUT2D eigenvalue weighted by molar-refractivity contribution is 6.13. The van der Waals surface area contributed by atoms with Crippen LogP contribution in [0.15, 0.2) is 134 Å². The van der Waals surface area contributed by atoms with Gasteiger partial charge in [0.05, 0.1) is 17.1 Å². The number of aromatic nitrogens is 3. The Morgan fingerprint density at radius 2 is 1.33 bits per heavy atom. The zero-order valence-corrected chi connectivity index (χ0v) is 28.7. The van der Waals surface area contributed by atoms with Crippen molar-refractivity contribution in [3.05, 3.63) is 167 Å². The highest BCUT2D eigenvalue weighted by atomic mass is 14.9. The summed E-state index contributed by atoms with van der Waals surface area (Å²) in [6, 6.07) is 35.4. The highest BCUT2D eigenvalue weighted by Crippen LogP contribution is 2.42. The van der Waals surface area contributed by atoms with Crippen LogP contribution in [0.1, 0.15) is 71.8 Å². The maximum Gasteiger partial charge on any atom is 0.136 e. The van der Waals surface area contributed by atoms with Gasteiger partial charge in [-0.3, -0.25) is 4.98 Å². The largest absolute Gasteiger partial charge is 0.256 e. The Kier molecular flexibility index (Phi) is 7.13. The molecule has 51 heavy (non-hydrogen) atoms. The average Bonchev–Trinajstić information content (AvgIpc) is 3.20. The van der Waals surface area contributed by atoms with Crippen LogP contribution in [0.25, 0.3) is 72.6 Å². The summed E-state index contributed by atoms with van der Waals surface area (Å²) in [6.07, 6.45) is 22.0.